The Kier molecular flexibility index (Phi) is 3.99. The Morgan fingerprint density at radius 2 is 1.78 bits per heavy atom. The molecule has 0 saturated carbocycles. The Bertz CT molecular complexity index is 514. The van der Waals surface area contributed by atoms with E-state index in [-0.39, 0.29) is 6.04 Å². The smallest absolute Gasteiger partial charge is 0.129 e. The van der Waals surface area contributed by atoms with Crippen molar-refractivity contribution < 1.29 is 8.78 Å². The molecule has 4 heteroatoms. The first kappa shape index (κ1) is 12.6. The predicted octanol–water partition coefficient (Wildman–Crippen LogP) is 2.47. The molecule has 2 aromatic rings. The summed E-state index contributed by atoms with van der Waals surface area (Å²) < 4.78 is 26.2. The van der Waals surface area contributed by atoms with Crippen molar-refractivity contribution >= 4 is 0 Å². The number of hydrogen-bond donors (Lipinski definition) is 1. The van der Waals surface area contributed by atoms with Gasteiger partial charge in [-0.1, -0.05) is 6.07 Å². The van der Waals surface area contributed by atoms with Gasteiger partial charge in [0.15, 0.2) is 0 Å². The molecule has 0 fully saturated rings. The first-order valence-corrected chi connectivity index (χ1v) is 5.73. The van der Waals surface area contributed by atoms with Gasteiger partial charge < -0.3 is 5.73 Å². The van der Waals surface area contributed by atoms with E-state index in [0.717, 1.165) is 11.6 Å². The third-order valence-corrected chi connectivity index (χ3v) is 2.74. The standard InChI is InChI=1S/C14H14F2N2/c15-12-2-1-11(14(16)9-12)8-13(17)7-10-3-5-18-6-4-10/h1-6,9,13H,7-8,17H2. The van der Waals surface area contributed by atoms with Crippen molar-refractivity contribution in [2.24, 2.45) is 5.73 Å². The second kappa shape index (κ2) is 5.69. The van der Waals surface area contributed by atoms with E-state index in [1.165, 1.54) is 12.1 Å². The first-order valence-electron chi connectivity index (χ1n) is 5.73. The van der Waals surface area contributed by atoms with Gasteiger partial charge in [0.05, 0.1) is 0 Å². The molecule has 0 radical (unpaired) electrons. The molecule has 0 saturated heterocycles. The molecule has 0 amide bonds. The van der Waals surface area contributed by atoms with Crippen molar-refractivity contribution in [2.45, 2.75) is 18.9 Å². The number of hydrogen-bond acceptors (Lipinski definition) is 2. The van der Waals surface area contributed by atoms with Crippen LogP contribution in [0, 0.1) is 11.6 Å². The highest BCUT2D eigenvalue weighted by Gasteiger charge is 2.09. The van der Waals surface area contributed by atoms with Crippen LogP contribution in [0.15, 0.2) is 42.7 Å². The molecule has 0 bridgehead atoms. The average molecular weight is 248 g/mol. The van der Waals surface area contributed by atoms with Crippen molar-refractivity contribution in [3.8, 4) is 0 Å². The molecule has 1 aromatic heterocycles. The summed E-state index contributed by atoms with van der Waals surface area (Å²) in [4.78, 5) is 3.92. The molecule has 1 heterocycles. The van der Waals surface area contributed by atoms with Crippen LogP contribution in [0.25, 0.3) is 0 Å². The van der Waals surface area contributed by atoms with Crippen LogP contribution in [0.5, 0.6) is 0 Å². The quantitative estimate of drug-likeness (QED) is 0.902. The minimum absolute atomic E-state index is 0.202. The molecular weight excluding hydrogens is 234 g/mol. The van der Waals surface area contributed by atoms with Crippen LogP contribution in [0.1, 0.15) is 11.1 Å². The highest BCUT2D eigenvalue weighted by atomic mass is 19.1. The predicted molar refractivity (Wildman–Crippen MR) is 66.0 cm³/mol. The molecule has 2 rings (SSSR count). The third-order valence-electron chi connectivity index (χ3n) is 2.74. The molecule has 2 nitrogen and oxygen atoms in total. The van der Waals surface area contributed by atoms with Gasteiger partial charge in [-0.05, 0) is 42.2 Å². The second-order valence-electron chi connectivity index (χ2n) is 4.26. The Hall–Kier alpha value is -1.81. The van der Waals surface area contributed by atoms with Gasteiger partial charge in [0, 0.05) is 24.5 Å². The van der Waals surface area contributed by atoms with Crippen LogP contribution in [-0.4, -0.2) is 11.0 Å². The minimum Gasteiger partial charge on any atom is -0.327 e. The number of rotatable bonds is 4. The Morgan fingerprint density at radius 3 is 2.44 bits per heavy atom. The van der Waals surface area contributed by atoms with Gasteiger partial charge in [-0.15, -0.1) is 0 Å². The summed E-state index contributed by atoms with van der Waals surface area (Å²) in [6, 6.07) is 7.12. The van der Waals surface area contributed by atoms with Crippen LogP contribution in [0.3, 0.4) is 0 Å². The Morgan fingerprint density at radius 1 is 1.06 bits per heavy atom. The second-order valence-corrected chi connectivity index (χ2v) is 4.26. The first-order chi connectivity index (χ1) is 8.65. The highest BCUT2D eigenvalue weighted by Crippen LogP contribution is 2.12. The van der Waals surface area contributed by atoms with Gasteiger partial charge in [-0.25, -0.2) is 8.78 Å². The average Bonchev–Trinajstić information content (AvgIpc) is 2.34. The van der Waals surface area contributed by atoms with Crippen molar-refractivity contribution in [1.29, 1.82) is 0 Å². The molecule has 0 aliphatic rings. The lowest BCUT2D eigenvalue weighted by molar-refractivity contribution is 0.558. The van der Waals surface area contributed by atoms with Crippen LogP contribution < -0.4 is 5.73 Å². The summed E-state index contributed by atoms with van der Waals surface area (Å²) >= 11 is 0. The summed E-state index contributed by atoms with van der Waals surface area (Å²) in [6.45, 7) is 0. The molecule has 18 heavy (non-hydrogen) atoms. The SMILES string of the molecule is NC(Cc1ccncc1)Cc1ccc(F)cc1F. The van der Waals surface area contributed by atoms with Gasteiger partial charge in [0.1, 0.15) is 11.6 Å². The lowest BCUT2D eigenvalue weighted by Gasteiger charge is -2.12. The van der Waals surface area contributed by atoms with Crippen LogP contribution in [-0.2, 0) is 12.8 Å². The number of halogens is 2. The molecule has 1 unspecified atom stereocenters. The maximum Gasteiger partial charge on any atom is 0.129 e. The summed E-state index contributed by atoms with van der Waals surface area (Å²) in [5.74, 6) is -1.11. The topological polar surface area (TPSA) is 38.9 Å². The summed E-state index contributed by atoms with van der Waals surface area (Å²) in [5, 5.41) is 0. The van der Waals surface area contributed by atoms with Crippen molar-refractivity contribution in [3.05, 3.63) is 65.5 Å². The van der Waals surface area contributed by atoms with Gasteiger partial charge in [-0.2, -0.15) is 0 Å². The number of aromatic nitrogens is 1. The number of nitrogens with zero attached hydrogens (tertiary/aromatic N) is 1. The monoisotopic (exact) mass is 248 g/mol. The van der Waals surface area contributed by atoms with Crippen molar-refractivity contribution in [1.82, 2.24) is 4.98 Å². The Balaban J connectivity index is 2.01. The zero-order valence-electron chi connectivity index (χ0n) is 9.81. The third kappa shape index (κ3) is 3.34. The van der Waals surface area contributed by atoms with Gasteiger partial charge in [0.25, 0.3) is 0 Å². The fourth-order valence-corrected chi connectivity index (χ4v) is 1.86. The van der Waals surface area contributed by atoms with Crippen LogP contribution in [0.2, 0.25) is 0 Å². The maximum absolute atomic E-state index is 13.4. The van der Waals surface area contributed by atoms with Crippen LogP contribution >= 0.6 is 0 Å². The van der Waals surface area contributed by atoms with E-state index in [4.69, 9.17) is 5.73 Å². The fraction of sp³-hybridized carbons (Fsp3) is 0.214. The molecule has 2 N–H and O–H groups in total. The summed E-state index contributed by atoms with van der Waals surface area (Å²) in [5.41, 5.74) is 7.46. The molecule has 1 aromatic carbocycles. The van der Waals surface area contributed by atoms with Gasteiger partial charge >= 0.3 is 0 Å². The number of benzene rings is 1. The van der Waals surface area contributed by atoms with E-state index in [9.17, 15) is 8.78 Å². The normalized spacial score (nSPS) is 12.4. The highest BCUT2D eigenvalue weighted by molar-refractivity contribution is 5.20. The zero-order chi connectivity index (χ0) is 13.0. The van der Waals surface area contributed by atoms with Crippen molar-refractivity contribution in [2.75, 3.05) is 0 Å². The summed E-state index contributed by atoms with van der Waals surface area (Å²) in [7, 11) is 0. The van der Waals surface area contributed by atoms with E-state index in [1.807, 2.05) is 12.1 Å². The summed E-state index contributed by atoms with van der Waals surface area (Å²) in [6.07, 6.45) is 4.41. The van der Waals surface area contributed by atoms with E-state index in [2.05, 4.69) is 4.98 Å². The van der Waals surface area contributed by atoms with Gasteiger partial charge in [-0.3, -0.25) is 4.98 Å². The zero-order valence-corrected chi connectivity index (χ0v) is 9.81. The molecule has 0 spiro atoms. The van der Waals surface area contributed by atoms with E-state index >= 15 is 0 Å². The molecule has 0 aliphatic carbocycles. The van der Waals surface area contributed by atoms with E-state index < -0.39 is 11.6 Å². The van der Waals surface area contributed by atoms with Crippen molar-refractivity contribution in [3.63, 3.8) is 0 Å². The van der Waals surface area contributed by atoms with Crippen LogP contribution in [0.4, 0.5) is 8.78 Å². The molecule has 0 aliphatic heterocycles. The van der Waals surface area contributed by atoms with E-state index in [0.29, 0.717) is 18.4 Å². The Labute approximate surface area is 104 Å². The minimum atomic E-state index is -0.570. The lowest BCUT2D eigenvalue weighted by Crippen LogP contribution is -2.26. The molecular formula is C14H14F2N2. The lowest BCUT2D eigenvalue weighted by atomic mass is 10.00. The number of pyridine rings is 1. The number of nitrogens with two attached hydrogens (primary N) is 1. The van der Waals surface area contributed by atoms with E-state index in [1.54, 1.807) is 12.4 Å². The maximum atomic E-state index is 13.4. The molecule has 94 valence electrons. The van der Waals surface area contributed by atoms with Gasteiger partial charge in [0.2, 0.25) is 0 Å². The molecule has 1 atom stereocenters. The fourth-order valence-electron chi connectivity index (χ4n) is 1.86. The largest absolute Gasteiger partial charge is 0.327 e.